The average molecular weight is 271 g/mol. The maximum atomic E-state index is 5.86. The predicted molar refractivity (Wildman–Crippen MR) is 75.1 cm³/mol. The van der Waals surface area contributed by atoms with Crippen molar-refractivity contribution in [2.75, 3.05) is 13.2 Å². The summed E-state index contributed by atoms with van der Waals surface area (Å²) < 4.78 is 11.3. The zero-order valence-electron chi connectivity index (χ0n) is 11.4. The summed E-state index contributed by atoms with van der Waals surface area (Å²) >= 11 is 0. The average Bonchev–Trinajstić information content (AvgIpc) is 2.50. The molecule has 0 saturated carbocycles. The minimum absolute atomic E-state index is 0.631. The molecule has 3 rings (SSSR count). The quantitative estimate of drug-likeness (QED) is 0.924. The van der Waals surface area contributed by atoms with Gasteiger partial charge in [-0.15, -0.1) is 0 Å². The van der Waals surface area contributed by atoms with E-state index in [9.17, 15) is 0 Å². The van der Waals surface area contributed by atoms with Gasteiger partial charge in [-0.3, -0.25) is 0 Å². The van der Waals surface area contributed by atoms with Crippen LogP contribution in [0.5, 0.6) is 17.4 Å². The zero-order chi connectivity index (χ0) is 13.8. The summed E-state index contributed by atoms with van der Waals surface area (Å²) in [6.45, 7) is 4.32. The van der Waals surface area contributed by atoms with Gasteiger partial charge in [0.1, 0.15) is 17.8 Å². The normalized spacial score (nSPS) is 13.7. The molecule has 1 aliphatic rings. The van der Waals surface area contributed by atoms with E-state index in [1.807, 2.05) is 31.2 Å². The van der Waals surface area contributed by atoms with Crippen molar-refractivity contribution in [3.8, 4) is 17.4 Å². The largest absolute Gasteiger partial charge is 0.494 e. The topological polar surface area (TPSA) is 56.3 Å². The van der Waals surface area contributed by atoms with E-state index in [1.165, 1.54) is 0 Å². The van der Waals surface area contributed by atoms with Crippen molar-refractivity contribution in [3.05, 3.63) is 41.9 Å². The predicted octanol–water partition coefficient (Wildman–Crippen LogP) is 2.31. The Labute approximate surface area is 118 Å². The molecule has 5 heteroatoms. The lowest BCUT2D eigenvalue weighted by Gasteiger charge is -2.18. The van der Waals surface area contributed by atoms with E-state index in [0.717, 1.165) is 42.3 Å². The number of aromatic nitrogens is 2. The van der Waals surface area contributed by atoms with Crippen molar-refractivity contribution in [1.82, 2.24) is 15.3 Å². The van der Waals surface area contributed by atoms with E-state index >= 15 is 0 Å². The van der Waals surface area contributed by atoms with E-state index in [1.54, 1.807) is 6.33 Å². The second-order valence-corrected chi connectivity index (χ2v) is 4.54. The molecule has 20 heavy (non-hydrogen) atoms. The summed E-state index contributed by atoms with van der Waals surface area (Å²) in [7, 11) is 0. The highest BCUT2D eigenvalue weighted by molar-refractivity contribution is 5.37. The molecule has 1 aromatic heterocycles. The highest BCUT2D eigenvalue weighted by atomic mass is 16.5. The van der Waals surface area contributed by atoms with E-state index in [0.29, 0.717) is 12.5 Å². The lowest BCUT2D eigenvalue weighted by molar-refractivity contribution is 0.339. The van der Waals surface area contributed by atoms with Crippen LogP contribution in [0.3, 0.4) is 0 Å². The van der Waals surface area contributed by atoms with Crippen molar-refractivity contribution >= 4 is 0 Å². The molecule has 0 bridgehead atoms. The third-order valence-corrected chi connectivity index (χ3v) is 3.18. The first kappa shape index (κ1) is 12.9. The van der Waals surface area contributed by atoms with Crippen LogP contribution in [0.1, 0.15) is 18.2 Å². The summed E-state index contributed by atoms with van der Waals surface area (Å²) in [4.78, 5) is 8.55. The standard InChI is InChI=1S/C15H17N3O2/c1-2-19-11-3-5-12(6-4-11)20-15-13-9-16-8-7-14(13)17-10-18-15/h3-6,10,16H,2,7-9H2,1H3. The van der Waals surface area contributed by atoms with Crippen LogP contribution in [0.15, 0.2) is 30.6 Å². The van der Waals surface area contributed by atoms with Crippen LogP contribution in [0.25, 0.3) is 0 Å². The van der Waals surface area contributed by atoms with Gasteiger partial charge in [0, 0.05) is 19.5 Å². The Hall–Kier alpha value is -2.14. The summed E-state index contributed by atoms with van der Waals surface area (Å²) in [6, 6.07) is 7.56. The molecule has 1 aliphatic heterocycles. The van der Waals surface area contributed by atoms with Gasteiger partial charge >= 0.3 is 0 Å². The first-order valence-corrected chi connectivity index (χ1v) is 6.81. The zero-order valence-corrected chi connectivity index (χ0v) is 11.4. The number of fused-ring (bicyclic) bond motifs is 1. The molecule has 2 aromatic rings. The van der Waals surface area contributed by atoms with Crippen LogP contribution in [-0.4, -0.2) is 23.1 Å². The number of benzene rings is 1. The maximum absolute atomic E-state index is 5.86. The molecular weight excluding hydrogens is 254 g/mol. The van der Waals surface area contributed by atoms with Gasteiger partial charge in [0.15, 0.2) is 0 Å². The number of ether oxygens (including phenoxy) is 2. The molecule has 0 aliphatic carbocycles. The van der Waals surface area contributed by atoms with Gasteiger partial charge in [-0.1, -0.05) is 0 Å². The van der Waals surface area contributed by atoms with E-state index < -0.39 is 0 Å². The second-order valence-electron chi connectivity index (χ2n) is 4.54. The Kier molecular flexibility index (Phi) is 3.78. The molecule has 0 saturated heterocycles. The number of hydrogen-bond donors (Lipinski definition) is 1. The minimum Gasteiger partial charge on any atom is -0.494 e. The summed E-state index contributed by atoms with van der Waals surface area (Å²) in [6.07, 6.45) is 2.48. The smallest absolute Gasteiger partial charge is 0.227 e. The Morgan fingerprint density at radius 2 is 1.95 bits per heavy atom. The van der Waals surface area contributed by atoms with Crippen molar-refractivity contribution in [2.24, 2.45) is 0 Å². The van der Waals surface area contributed by atoms with Gasteiger partial charge in [0.05, 0.1) is 17.9 Å². The molecule has 0 atom stereocenters. The fourth-order valence-electron chi connectivity index (χ4n) is 2.21. The van der Waals surface area contributed by atoms with Crippen LogP contribution >= 0.6 is 0 Å². The van der Waals surface area contributed by atoms with Gasteiger partial charge in [-0.25, -0.2) is 9.97 Å². The first-order chi connectivity index (χ1) is 9.86. The summed E-state index contributed by atoms with van der Waals surface area (Å²) in [5, 5.41) is 3.31. The third-order valence-electron chi connectivity index (χ3n) is 3.18. The Balaban J connectivity index is 1.80. The highest BCUT2D eigenvalue weighted by Gasteiger charge is 2.16. The number of nitrogens with one attached hydrogen (secondary N) is 1. The van der Waals surface area contributed by atoms with Gasteiger partial charge in [0.2, 0.25) is 5.88 Å². The molecular formula is C15H17N3O2. The molecule has 104 valence electrons. The fraction of sp³-hybridized carbons (Fsp3) is 0.333. The van der Waals surface area contributed by atoms with Crippen molar-refractivity contribution in [3.63, 3.8) is 0 Å². The van der Waals surface area contributed by atoms with E-state index in [4.69, 9.17) is 9.47 Å². The minimum atomic E-state index is 0.631. The van der Waals surface area contributed by atoms with Crippen LogP contribution in [-0.2, 0) is 13.0 Å². The second kappa shape index (κ2) is 5.88. The van der Waals surface area contributed by atoms with E-state index in [-0.39, 0.29) is 0 Å². The van der Waals surface area contributed by atoms with Gasteiger partial charge in [-0.05, 0) is 31.2 Å². The van der Waals surface area contributed by atoms with Crippen molar-refractivity contribution in [1.29, 1.82) is 0 Å². The van der Waals surface area contributed by atoms with Crippen LogP contribution in [0.2, 0.25) is 0 Å². The SMILES string of the molecule is CCOc1ccc(Oc2ncnc3c2CNCC3)cc1. The molecule has 0 spiro atoms. The molecule has 0 amide bonds. The molecule has 0 unspecified atom stereocenters. The molecule has 0 fully saturated rings. The number of rotatable bonds is 4. The third kappa shape index (κ3) is 2.72. The maximum Gasteiger partial charge on any atom is 0.227 e. The fourth-order valence-corrected chi connectivity index (χ4v) is 2.21. The van der Waals surface area contributed by atoms with E-state index in [2.05, 4.69) is 15.3 Å². The Morgan fingerprint density at radius 3 is 2.75 bits per heavy atom. The highest BCUT2D eigenvalue weighted by Crippen LogP contribution is 2.27. The van der Waals surface area contributed by atoms with Crippen LogP contribution in [0.4, 0.5) is 0 Å². The summed E-state index contributed by atoms with van der Waals surface area (Å²) in [5.41, 5.74) is 2.12. The molecule has 0 radical (unpaired) electrons. The van der Waals surface area contributed by atoms with Gasteiger partial charge < -0.3 is 14.8 Å². The number of hydrogen-bond acceptors (Lipinski definition) is 5. The van der Waals surface area contributed by atoms with Gasteiger partial charge in [-0.2, -0.15) is 0 Å². The monoisotopic (exact) mass is 271 g/mol. The lowest BCUT2D eigenvalue weighted by atomic mass is 10.1. The van der Waals surface area contributed by atoms with Crippen LogP contribution in [0, 0.1) is 0 Å². The molecule has 5 nitrogen and oxygen atoms in total. The number of nitrogens with zero attached hydrogens (tertiary/aromatic N) is 2. The van der Waals surface area contributed by atoms with Crippen molar-refractivity contribution < 1.29 is 9.47 Å². The molecule has 2 heterocycles. The Bertz CT molecular complexity index is 584. The van der Waals surface area contributed by atoms with Crippen molar-refractivity contribution in [2.45, 2.75) is 19.9 Å². The summed E-state index contributed by atoms with van der Waals surface area (Å²) in [5.74, 6) is 2.22. The first-order valence-electron chi connectivity index (χ1n) is 6.81. The van der Waals surface area contributed by atoms with Crippen LogP contribution < -0.4 is 14.8 Å². The molecule has 1 N–H and O–H groups in total. The van der Waals surface area contributed by atoms with Gasteiger partial charge in [0.25, 0.3) is 0 Å². The lowest BCUT2D eigenvalue weighted by Crippen LogP contribution is -2.25. The Morgan fingerprint density at radius 1 is 1.15 bits per heavy atom. The molecule has 1 aromatic carbocycles.